The fraction of sp³-hybridized carbons (Fsp3) is 0.812. The van der Waals surface area contributed by atoms with Crippen molar-refractivity contribution in [3.05, 3.63) is 12.7 Å². The summed E-state index contributed by atoms with van der Waals surface area (Å²) in [5, 5.41) is 3.03. The third kappa shape index (κ3) is 12.2. The van der Waals surface area contributed by atoms with E-state index < -0.39 is 30.5 Å². The first kappa shape index (κ1) is 23.7. The molecule has 0 aliphatic heterocycles. The highest BCUT2D eigenvalue weighted by Crippen LogP contribution is 2.18. The first-order valence-corrected chi connectivity index (χ1v) is 18.7. The minimum atomic E-state index is -1.74. The van der Waals surface area contributed by atoms with Gasteiger partial charge in [0.15, 0.2) is 25.0 Å². The van der Waals surface area contributed by atoms with Gasteiger partial charge in [-0.2, -0.15) is 0 Å². The average Bonchev–Trinajstić information content (AvgIpc) is 2.37. The number of hydrogen-bond donors (Lipinski definition) is 1. The second kappa shape index (κ2) is 8.91. The van der Waals surface area contributed by atoms with Crippen LogP contribution in [0.2, 0.25) is 58.9 Å². The van der Waals surface area contributed by atoms with E-state index in [1.807, 2.05) is 0 Å². The summed E-state index contributed by atoms with van der Waals surface area (Å²) in [7, 11) is -5.23. The molecule has 0 fully saturated rings. The highest BCUT2D eigenvalue weighted by atomic mass is 28.4. The van der Waals surface area contributed by atoms with Gasteiger partial charge in [0.25, 0.3) is 0 Å². The van der Waals surface area contributed by atoms with Crippen molar-refractivity contribution in [2.24, 2.45) is 0 Å². The van der Waals surface area contributed by atoms with Gasteiger partial charge in [-0.1, -0.05) is 6.58 Å². The quantitative estimate of drug-likeness (QED) is 0.432. The lowest BCUT2D eigenvalue weighted by Gasteiger charge is -2.39. The highest BCUT2D eigenvalue weighted by Gasteiger charge is 2.37. The molecule has 0 heterocycles. The molecule has 0 atom stereocenters. The Labute approximate surface area is 151 Å². The maximum Gasteiger partial charge on any atom is 0.244 e. The van der Waals surface area contributed by atoms with Crippen LogP contribution < -0.4 is 5.32 Å². The lowest BCUT2D eigenvalue weighted by atomic mass is 10.0. The molecule has 0 aliphatic rings. The first-order valence-electron chi connectivity index (χ1n) is 8.44. The maximum absolute atomic E-state index is 12.0. The summed E-state index contributed by atoms with van der Waals surface area (Å²) in [4.78, 5) is 12.0. The van der Waals surface area contributed by atoms with Crippen LogP contribution in [0.5, 0.6) is 0 Å². The Bertz CT molecular complexity index is 377. The zero-order valence-electron chi connectivity index (χ0n) is 17.0. The van der Waals surface area contributed by atoms with Gasteiger partial charge >= 0.3 is 0 Å². The summed E-state index contributed by atoms with van der Waals surface area (Å²) < 4.78 is 18.4. The smallest absolute Gasteiger partial charge is 0.244 e. The van der Waals surface area contributed by atoms with Crippen molar-refractivity contribution in [1.82, 2.24) is 5.32 Å². The molecule has 0 unspecified atom stereocenters. The number of amides is 1. The first-order chi connectivity index (χ1) is 10.6. The molecule has 0 aromatic rings. The molecule has 1 N–H and O–H groups in total. The summed E-state index contributed by atoms with van der Waals surface area (Å²) in [6.45, 7) is 23.9. The van der Waals surface area contributed by atoms with Crippen molar-refractivity contribution in [3.63, 3.8) is 0 Å². The Hall–Kier alpha value is -0.259. The van der Waals surface area contributed by atoms with E-state index in [0.717, 1.165) is 0 Å². The van der Waals surface area contributed by atoms with Crippen molar-refractivity contribution < 1.29 is 18.1 Å². The van der Waals surface area contributed by atoms with Crippen LogP contribution in [0.1, 0.15) is 0 Å². The van der Waals surface area contributed by atoms with Crippen LogP contribution in [0.4, 0.5) is 0 Å². The molecule has 0 aliphatic carbocycles. The van der Waals surface area contributed by atoms with Crippen LogP contribution in [-0.2, 0) is 18.1 Å². The van der Waals surface area contributed by atoms with Crippen molar-refractivity contribution >= 4 is 30.9 Å². The predicted octanol–water partition coefficient (Wildman–Crippen LogP) is 3.58. The van der Waals surface area contributed by atoms with Gasteiger partial charge in [-0.15, -0.1) is 0 Å². The Balaban J connectivity index is 5.43. The van der Waals surface area contributed by atoms with Crippen molar-refractivity contribution in [2.45, 2.75) is 64.5 Å². The Kier molecular flexibility index (Phi) is 8.81. The van der Waals surface area contributed by atoms with Crippen LogP contribution in [0.25, 0.3) is 0 Å². The van der Waals surface area contributed by atoms with E-state index in [1.165, 1.54) is 6.08 Å². The van der Waals surface area contributed by atoms with E-state index in [2.05, 4.69) is 70.8 Å². The molecule has 0 aromatic carbocycles. The standard InChI is InChI=1S/C16H37NO4Si3/c1-11-15(18)17-16(12-19-22(2,3)4,13-20-23(5,6)7)14-21-24(8,9)10/h11H,1,12-14H2,2-10H3,(H,17,18). The molecule has 24 heavy (non-hydrogen) atoms. The van der Waals surface area contributed by atoms with E-state index in [9.17, 15) is 4.79 Å². The van der Waals surface area contributed by atoms with Crippen LogP contribution in [0.3, 0.4) is 0 Å². The van der Waals surface area contributed by atoms with Gasteiger partial charge in [-0.05, 0) is 65.0 Å². The van der Waals surface area contributed by atoms with Crippen molar-refractivity contribution in [3.8, 4) is 0 Å². The van der Waals surface area contributed by atoms with Gasteiger partial charge in [-0.25, -0.2) is 0 Å². The largest absolute Gasteiger partial charge is 0.415 e. The Morgan fingerprint density at radius 1 is 0.833 bits per heavy atom. The molecule has 5 nitrogen and oxygen atoms in total. The summed E-state index contributed by atoms with van der Waals surface area (Å²) in [5.41, 5.74) is -0.688. The fourth-order valence-electron chi connectivity index (χ4n) is 1.61. The van der Waals surface area contributed by atoms with Crippen LogP contribution in [0.15, 0.2) is 12.7 Å². The number of carbonyl (C=O) groups excluding carboxylic acids is 1. The lowest BCUT2D eigenvalue weighted by molar-refractivity contribution is -0.120. The minimum Gasteiger partial charge on any atom is -0.415 e. The molecule has 0 spiro atoms. The van der Waals surface area contributed by atoms with E-state index in [1.54, 1.807) is 0 Å². The van der Waals surface area contributed by atoms with Gasteiger partial charge < -0.3 is 18.6 Å². The van der Waals surface area contributed by atoms with Gasteiger partial charge in [-0.3, -0.25) is 4.79 Å². The summed E-state index contributed by atoms with van der Waals surface area (Å²) in [6.07, 6.45) is 1.28. The van der Waals surface area contributed by atoms with Gasteiger partial charge in [0.2, 0.25) is 5.91 Å². The predicted molar refractivity (Wildman–Crippen MR) is 109 cm³/mol. The molecule has 142 valence electrons. The van der Waals surface area contributed by atoms with Crippen LogP contribution >= 0.6 is 0 Å². The number of rotatable bonds is 11. The third-order valence-electron chi connectivity index (χ3n) is 2.92. The molecular weight excluding hydrogens is 354 g/mol. The normalized spacial score (nSPS) is 13.7. The fourth-order valence-corrected chi connectivity index (χ4v) is 3.74. The Morgan fingerprint density at radius 2 is 1.12 bits per heavy atom. The summed E-state index contributed by atoms with van der Waals surface area (Å²) in [5.74, 6) is -0.229. The summed E-state index contributed by atoms with van der Waals surface area (Å²) >= 11 is 0. The van der Waals surface area contributed by atoms with Gasteiger partial charge in [0.05, 0.1) is 19.8 Å². The van der Waals surface area contributed by atoms with E-state index in [4.69, 9.17) is 13.3 Å². The topological polar surface area (TPSA) is 56.8 Å². The lowest BCUT2D eigenvalue weighted by Crippen LogP contribution is -2.61. The molecule has 0 radical (unpaired) electrons. The Morgan fingerprint density at radius 3 is 1.33 bits per heavy atom. The molecule has 0 saturated carbocycles. The highest BCUT2D eigenvalue weighted by molar-refractivity contribution is 6.70. The monoisotopic (exact) mass is 391 g/mol. The van der Waals surface area contributed by atoms with E-state index >= 15 is 0 Å². The van der Waals surface area contributed by atoms with Gasteiger partial charge in [0.1, 0.15) is 5.54 Å². The molecule has 1 amide bonds. The second-order valence-electron chi connectivity index (χ2n) is 9.18. The van der Waals surface area contributed by atoms with Crippen LogP contribution in [0, 0.1) is 0 Å². The third-order valence-corrected chi connectivity index (χ3v) is 5.95. The number of nitrogens with one attached hydrogen (secondary N) is 1. The average molecular weight is 392 g/mol. The summed E-state index contributed by atoms with van der Waals surface area (Å²) in [6, 6.07) is 0. The molecule has 0 rings (SSSR count). The molecule has 0 saturated heterocycles. The SMILES string of the molecule is C=CC(=O)NC(CO[Si](C)(C)C)(CO[Si](C)(C)C)CO[Si](C)(C)C. The second-order valence-corrected chi connectivity index (χ2v) is 22.7. The number of hydrogen-bond acceptors (Lipinski definition) is 4. The van der Waals surface area contributed by atoms with Crippen LogP contribution in [-0.4, -0.2) is 56.2 Å². The zero-order chi connectivity index (χ0) is 19.2. The van der Waals surface area contributed by atoms with E-state index in [-0.39, 0.29) is 5.91 Å². The molecule has 0 bridgehead atoms. The van der Waals surface area contributed by atoms with Crippen molar-refractivity contribution in [2.75, 3.05) is 19.8 Å². The van der Waals surface area contributed by atoms with Gasteiger partial charge in [0, 0.05) is 0 Å². The molecular formula is C16H37NO4Si3. The van der Waals surface area contributed by atoms with E-state index in [0.29, 0.717) is 19.8 Å². The van der Waals surface area contributed by atoms with Crippen molar-refractivity contribution in [1.29, 1.82) is 0 Å². The molecule has 8 heteroatoms. The molecule has 0 aromatic heterocycles. The maximum atomic E-state index is 12.0. The zero-order valence-corrected chi connectivity index (χ0v) is 20.0. The minimum absolute atomic E-state index is 0.229. The number of carbonyl (C=O) groups is 1.